The molecule has 17 heavy (non-hydrogen) atoms. The van der Waals surface area contributed by atoms with Gasteiger partial charge in [-0.3, -0.25) is 14.9 Å². The van der Waals surface area contributed by atoms with Gasteiger partial charge in [-0.05, 0) is 12.5 Å². The van der Waals surface area contributed by atoms with Crippen LogP contribution < -0.4 is 0 Å². The molecule has 0 aliphatic heterocycles. The molecule has 0 fully saturated rings. The lowest BCUT2D eigenvalue weighted by molar-refractivity contribution is -0.384. The van der Waals surface area contributed by atoms with Crippen molar-refractivity contribution in [3.8, 4) is 6.07 Å². The topological polar surface area (TPSA) is 93.2 Å². The molecule has 1 rings (SSSR count). The lowest BCUT2D eigenvalue weighted by Gasteiger charge is -2.03. The van der Waals surface area contributed by atoms with E-state index in [2.05, 4.69) is 0 Å². The molecule has 0 saturated carbocycles. The number of carbonyl (C=O) groups excluding carboxylic acids is 1. The Labute approximate surface area is 97.6 Å². The number of non-ortho nitro benzene ring substituents is 1. The SMILES string of the molecule is CCOC(=O)Cc1ccc([N+](=O)[O-])cc1C#N. The van der Waals surface area contributed by atoms with Crippen molar-refractivity contribution in [2.75, 3.05) is 6.61 Å². The van der Waals surface area contributed by atoms with Crippen LogP contribution in [0.4, 0.5) is 5.69 Å². The Morgan fingerprint density at radius 2 is 2.29 bits per heavy atom. The lowest BCUT2D eigenvalue weighted by atomic mass is 10.0. The fourth-order valence-corrected chi connectivity index (χ4v) is 1.30. The van der Waals surface area contributed by atoms with E-state index in [1.165, 1.54) is 12.1 Å². The van der Waals surface area contributed by atoms with Gasteiger partial charge in [0.25, 0.3) is 5.69 Å². The minimum Gasteiger partial charge on any atom is -0.466 e. The van der Waals surface area contributed by atoms with Crippen LogP contribution in [0.2, 0.25) is 0 Å². The van der Waals surface area contributed by atoms with Crippen molar-refractivity contribution in [3.05, 3.63) is 39.4 Å². The summed E-state index contributed by atoms with van der Waals surface area (Å²) in [5, 5.41) is 19.4. The van der Waals surface area contributed by atoms with Gasteiger partial charge in [-0.1, -0.05) is 6.07 Å². The lowest BCUT2D eigenvalue weighted by Crippen LogP contribution is -2.08. The number of nitriles is 1. The summed E-state index contributed by atoms with van der Waals surface area (Å²) in [6, 6.07) is 5.63. The zero-order valence-electron chi connectivity index (χ0n) is 9.17. The maximum Gasteiger partial charge on any atom is 0.310 e. The van der Waals surface area contributed by atoms with E-state index in [-0.39, 0.29) is 24.3 Å². The van der Waals surface area contributed by atoms with Gasteiger partial charge in [0.1, 0.15) is 0 Å². The van der Waals surface area contributed by atoms with E-state index in [1.54, 1.807) is 6.92 Å². The second-order valence-corrected chi connectivity index (χ2v) is 3.19. The number of hydrogen-bond donors (Lipinski definition) is 0. The van der Waals surface area contributed by atoms with E-state index in [9.17, 15) is 14.9 Å². The van der Waals surface area contributed by atoms with Crippen LogP contribution in [-0.4, -0.2) is 17.5 Å². The first-order valence-electron chi connectivity index (χ1n) is 4.91. The molecule has 6 nitrogen and oxygen atoms in total. The summed E-state index contributed by atoms with van der Waals surface area (Å²) in [6.45, 7) is 1.94. The normalized spacial score (nSPS) is 9.41. The molecule has 1 aromatic carbocycles. The van der Waals surface area contributed by atoms with E-state index in [1.807, 2.05) is 6.07 Å². The van der Waals surface area contributed by atoms with E-state index < -0.39 is 10.9 Å². The van der Waals surface area contributed by atoms with E-state index >= 15 is 0 Å². The Bertz CT molecular complexity index is 491. The van der Waals surface area contributed by atoms with Crippen LogP contribution >= 0.6 is 0 Å². The maximum atomic E-state index is 11.2. The third kappa shape index (κ3) is 3.28. The van der Waals surface area contributed by atoms with Crippen molar-refractivity contribution in [1.29, 1.82) is 5.26 Å². The summed E-state index contributed by atoms with van der Waals surface area (Å²) < 4.78 is 4.74. The van der Waals surface area contributed by atoms with Gasteiger partial charge in [0.05, 0.1) is 29.6 Å². The second kappa shape index (κ2) is 5.61. The maximum absolute atomic E-state index is 11.2. The van der Waals surface area contributed by atoms with Crippen molar-refractivity contribution in [1.82, 2.24) is 0 Å². The van der Waals surface area contributed by atoms with Crippen LogP contribution in [0.5, 0.6) is 0 Å². The Balaban J connectivity index is 2.98. The van der Waals surface area contributed by atoms with Crippen LogP contribution in [0.15, 0.2) is 18.2 Å². The van der Waals surface area contributed by atoms with Gasteiger partial charge in [-0.25, -0.2) is 0 Å². The molecule has 1 aromatic rings. The standard InChI is InChI=1S/C11H10N2O4/c1-2-17-11(14)6-8-3-4-10(13(15)16)5-9(8)7-12/h3-5H,2,6H2,1H3. The summed E-state index contributed by atoms with van der Waals surface area (Å²) in [5.41, 5.74) is 0.373. The first kappa shape index (κ1) is 12.6. The molecular weight excluding hydrogens is 224 g/mol. The molecule has 0 heterocycles. The number of ether oxygens (including phenoxy) is 1. The number of nitro benzene ring substituents is 1. The van der Waals surface area contributed by atoms with Crippen molar-refractivity contribution in [3.63, 3.8) is 0 Å². The van der Waals surface area contributed by atoms with Gasteiger partial charge >= 0.3 is 5.97 Å². The molecule has 6 heteroatoms. The second-order valence-electron chi connectivity index (χ2n) is 3.19. The summed E-state index contributed by atoms with van der Waals surface area (Å²) in [7, 11) is 0. The van der Waals surface area contributed by atoms with Crippen LogP contribution in [0, 0.1) is 21.4 Å². The van der Waals surface area contributed by atoms with E-state index in [0.717, 1.165) is 6.07 Å². The number of carbonyl (C=O) groups is 1. The van der Waals surface area contributed by atoms with Crippen LogP contribution in [0.1, 0.15) is 18.1 Å². The number of rotatable bonds is 4. The third-order valence-electron chi connectivity index (χ3n) is 2.06. The highest BCUT2D eigenvalue weighted by molar-refractivity contribution is 5.73. The molecule has 0 N–H and O–H groups in total. The molecule has 0 atom stereocenters. The van der Waals surface area contributed by atoms with Gasteiger partial charge in [0.15, 0.2) is 0 Å². The molecular formula is C11H10N2O4. The number of nitro groups is 1. The Morgan fingerprint density at radius 3 is 2.82 bits per heavy atom. The number of nitrogens with zero attached hydrogens (tertiary/aromatic N) is 2. The van der Waals surface area contributed by atoms with Crippen molar-refractivity contribution < 1.29 is 14.5 Å². The van der Waals surface area contributed by atoms with Gasteiger partial charge < -0.3 is 4.74 Å². The third-order valence-corrected chi connectivity index (χ3v) is 2.06. The molecule has 0 aromatic heterocycles. The summed E-state index contributed by atoms with van der Waals surface area (Å²) in [4.78, 5) is 21.2. The van der Waals surface area contributed by atoms with Crippen LogP contribution in [0.3, 0.4) is 0 Å². The Hall–Kier alpha value is -2.42. The smallest absolute Gasteiger partial charge is 0.310 e. The summed E-state index contributed by atoms with van der Waals surface area (Å²) >= 11 is 0. The van der Waals surface area contributed by atoms with Crippen molar-refractivity contribution in [2.45, 2.75) is 13.3 Å². The zero-order valence-corrected chi connectivity index (χ0v) is 9.17. The van der Waals surface area contributed by atoms with Gasteiger partial charge in [-0.15, -0.1) is 0 Å². The summed E-state index contributed by atoms with van der Waals surface area (Å²) in [6.07, 6.45) is -0.0608. The predicted octanol–water partition coefficient (Wildman–Crippen LogP) is 1.57. The minimum atomic E-state index is -0.588. The molecule has 0 unspecified atom stereocenters. The fraction of sp³-hybridized carbons (Fsp3) is 0.273. The average molecular weight is 234 g/mol. The highest BCUT2D eigenvalue weighted by atomic mass is 16.6. The monoisotopic (exact) mass is 234 g/mol. The molecule has 0 radical (unpaired) electrons. The quantitative estimate of drug-likeness (QED) is 0.447. The van der Waals surface area contributed by atoms with Crippen molar-refractivity contribution in [2.24, 2.45) is 0 Å². The minimum absolute atomic E-state index is 0.0608. The van der Waals surface area contributed by atoms with E-state index in [4.69, 9.17) is 10.00 Å². The van der Waals surface area contributed by atoms with Crippen LogP contribution in [0.25, 0.3) is 0 Å². The largest absolute Gasteiger partial charge is 0.466 e. The molecule has 0 saturated heterocycles. The van der Waals surface area contributed by atoms with Gasteiger partial charge in [-0.2, -0.15) is 5.26 Å². The molecule has 0 aliphatic carbocycles. The van der Waals surface area contributed by atoms with Crippen molar-refractivity contribution >= 4 is 11.7 Å². The number of benzene rings is 1. The highest BCUT2D eigenvalue weighted by Crippen LogP contribution is 2.18. The fourth-order valence-electron chi connectivity index (χ4n) is 1.30. The van der Waals surface area contributed by atoms with Gasteiger partial charge in [0.2, 0.25) is 0 Å². The number of hydrogen-bond acceptors (Lipinski definition) is 5. The van der Waals surface area contributed by atoms with E-state index in [0.29, 0.717) is 5.56 Å². The molecule has 88 valence electrons. The van der Waals surface area contributed by atoms with Crippen LogP contribution in [-0.2, 0) is 16.0 Å². The molecule has 0 amide bonds. The molecule has 0 bridgehead atoms. The Morgan fingerprint density at radius 1 is 1.59 bits per heavy atom. The van der Waals surface area contributed by atoms with Gasteiger partial charge in [0, 0.05) is 12.1 Å². The highest BCUT2D eigenvalue weighted by Gasteiger charge is 2.13. The summed E-state index contributed by atoms with van der Waals surface area (Å²) in [5.74, 6) is -0.460. The molecule has 0 aliphatic rings. The Kier molecular flexibility index (Phi) is 4.17. The first-order valence-corrected chi connectivity index (χ1v) is 4.91. The molecule has 0 spiro atoms. The predicted molar refractivity (Wildman–Crippen MR) is 58.1 cm³/mol. The number of esters is 1. The first-order chi connectivity index (χ1) is 8.08. The zero-order chi connectivity index (χ0) is 12.8. The average Bonchev–Trinajstić information content (AvgIpc) is 2.29.